The van der Waals surface area contributed by atoms with Crippen molar-refractivity contribution in [2.45, 2.75) is 20.8 Å². The van der Waals surface area contributed by atoms with Gasteiger partial charge in [0.1, 0.15) is 0 Å². The summed E-state index contributed by atoms with van der Waals surface area (Å²) < 4.78 is 18.9. The lowest BCUT2D eigenvalue weighted by Gasteiger charge is -1.74. The van der Waals surface area contributed by atoms with Crippen LogP contribution in [0.4, 0.5) is 0 Å². The van der Waals surface area contributed by atoms with E-state index >= 15 is 0 Å². The molecular weight excluding hydrogens is 284 g/mol. The molecule has 0 saturated heterocycles. The lowest BCUT2D eigenvalue weighted by atomic mass is 10.3. The molecule has 0 aromatic heterocycles. The molecule has 0 aliphatic rings. The van der Waals surface area contributed by atoms with E-state index in [9.17, 15) is 8.42 Å². The van der Waals surface area contributed by atoms with Crippen molar-refractivity contribution in [1.29, 1.82) is 0 Å². The summed E-state index contributed by atoms with van der Waals surface area (Å²) in [7, 11) is 0. The fourth-order valence-electron chi connectivity index (χ4n) is 0. The average Bonchev–Trinajstić information content (AvgIpc) is 1.61. The van der Waals surface area contributed by atoms with E-state index in [0.29, 0.717) is 0 Å². The second kappa shape index (κ2) is 6.37. The van der Waals surface area contributed by atoms with Gasteiger partial charge in [-0.1, -0.05) is 11.6 Å². The molecule has 0 rings (SSSR count). The average molecular weight is 294 g/mol. The monoisotopic (exact) mass is 292 g/mol. The Morgan fingerprint density at radius 2 is 1.40 bits per heavy atom. The van der Waals surface area contributed by atoms with Gasteiger partial charge >= 0.3 is 0 Å². The molecule has 0 amide bonds. The van der Waals surface area contributed by atoms with Crippen molar-refractivity contribution in [2.75, 3.05) is 0 Å². The van der Waals surface area contributed by atoms with Gasteiger partial charge in [0.15, 0.2) is 0 Å². The Morgan fingerprint density at radius 1 is 1.30 bits per heavy atom. The molecule has 2 nitrogen and oxygen atoms in total. The normalized spacial score (nSPS) is 9.30. The second-order valence-corrected chi connectivity index (χ2v) is 10.2. The molecule has 0 atom stereocenters. The molecule has 0 bridgehead atoms. The van der Waals surface area contributed by atoms with Crippen molar-refractivity contribution >= 4 is 36.3 Å². The molecule has 0 unspecified atom stereocenters. The third-order valence-electron chi connectivity index (χ3n) is 0.577. The van der Waals surface area contributed by atoms with Crippen LogP contribution in [-0.4, -0.2) is 8.42 Å². The molecule has 10 heavy (non-hydrogen) atoms. The second-order valence-electron chi connectivity index (χ2n) is 1.74. The standard InChI is InChI=1S/C5H10.Br2O2S/c1-4-5(2)3;1-5(2,3)4/h4H,1-3H3;. The number of hydrogen-bond acceptors (Lipinski definition) is 2. The maximum atomic E-state index is 9.47. The van der Waals surface area contributed by atoms with Crippen molar-refractivity contribution in [2.24, 2.45) is 0 Å². The van der Waals surface area contributed by atoms with Gasteiger partial charge in [0.2, 0.25) is 0 Å². The summed E-state index contributed by atoms with van der Waals surface area (Å²) in [5.74, 6) is 0. The highest BCUT2D eigenvalue weighted by atomic mass is 79.9. The van der Waals surface area contributed by atoms with Gasteiger partial charge < -0.3 is 0 Å². The predicted octanol–water partition coefficient (Wildman–Crippen LogP) is 2.99. The zero-order chi connectivity index (χ0) is 8.78. The summed E-state index contributed by atoms with van der Waals surface area (Å²) in [5.41, 5.74) is 1.38. The summed E-state index contributed by atoms with van der Waals surface area (Å²) in [5, 5.41) is 0. The van der Waals surface area contributed by atoms with Crippen LogP contribution < -0.4 is 0 Å². The zero-order valence-corrected chi connectivity index (χ0v) is 10.0. The summed E-state index contributed by atoms with van der Waals surface area (Å²) >= 11 is 4.53. The van der Waals surface area contributed by atoms with Gasteiger partial charge in [0, 0.05) is 0 Å². The molecule has 0 heterocycles. The largest absolute Gasteiger partial charge is 0.268 e. The van der Waals surface area contributed by atoms with Gasteiger partial charge in [0.25, 0.3) is 6.70 Å². The molecule has 0 aromatic rings. The SMILES string of the molecule is CC=C(C)C.O=S(=O)(Br)Br. The van der Waals surface area contributed by atoms with E-state index in [2.05, 4.69) is 49.5 Å². The highest BCUT2D eigenvalue weighted by Gasteiger charge is 1.87. The van der Waals surface area contributed by atoms with Crippen molar-refractivity contribution in [3.8, 4) is 0 Å². The zero-order valence-electron chi connectivity index (χ0n) is 6.06. The van der Waals surface area contributed by atoms with E-state index in [0.717, 1.165) is 0 Å². The Labute approximate surface area is 77.0 Å². The number of halogens is 2. The molecule has 0 saturated carbocycles. The molecule has 5 heteroatoms. The third kappa shape index (κ3) is 72.1. The van der Waals surface area contributed by atoms with Crippen molar-refractivity contribution in [3.63, 3.8) is 0 Å². The van der Waals surface area contributed by atoms with E-state index < -0.39 is 6.70 Å². The van der Waals surface area contributed by atoms with Gasteiger partial charge in [-0.3, -0.25) is 0 Å². The van der Waals surface area contributed by atoms with Crippen LogP contribution in [0.15, 0.2) is 11.6 Å². The molecule has 62 valence electrons. The highest BCUT2D eigenvalue weighted by Crippen LogP contribution is 2.06. The quantitative estimate of drug-likeness (QED) is 0.508. The molecule has 0 fully saturated rings. The minimum Gasteiger partial charge on any atom is -0.205 e. The molecule has 0 aromatic carbocycles. The summed E-state index contributed by atoms with van der Waals surface area (Å²) in [6.07, 6.45) is 2.08. The van der Waals surface area contributed by atoms with Crippen LogP contribution in [0.2, 0.25) is 0 Å². The first-order valence-corrected chi connectivity index (χ1v) is 7.68. The van der Waals surface area contributed by atoms with Gasteiger partial charge in [-0.2, -0.15) is 0 Å². The van der Waals surface area contributed by atoms with Crippen molar-refractivity contribution in [1.82, 2.24) is 0 Å². The number of rotatable bonds is 0. The number of allylic oxidation sites excluding steroid dienone is 2. The van der Waals surface area contributed by atoms with Crippen LogP contribution in [0.5, 0.6) is 0 Å². The summed E-state index contributed by atoms with van der Waals surface area (Å²) in [6, 6.07) is 0. The molecule has 0 radical (unpaired) electrons. The van der Waals surface area contributed by atoms with E-state index in [1.165, 1.54) is 5.57 Å². The first kappa shape index (κ1) is 13.3. The molecule has 0 spiro atoms. The van der Waals surface area contributed by atoms with Crippen LogP contribution in [0.1, 0.15) is 20.8 Å². The maximum absolute atomic E-state index is 9.47. The minimum atomic E-state index is -3.04. The van der Waals surface area contributed by atoms with Crippen molar-refractivity contribution < 1.29 is 8.42 Å². The van der Waals surface area contributed by atoms with E-state index in [1.54, 1.807) is 0 Å². The predicted molar refractivity (Wildman–Crippen MR) is 51.9 cm³/mol. The first-order chi connectivity index (χ1) is 4.27. The van der Waals surface area contributed by atoms with Crippen LogP contribution in [0.25, 0.3) is 0 Å². The van der Waals surface area contributed by atoms with Gasteiger partial charge in [0.05, 0.1) is 29.6 Å². The van der Waals surface area contributed by atoms with Crippen molar-refractivity contribution in [3.05, 3.63) is 11.6 Å². The minimum absolute atomic E-state index is 1.38. The smallest absolute Gasteiger partial charge is 0.205 e. The molecule has 0 aliphatic carbocycles. The first-order valence-electron chi connectivity index (χ1n) is 2.51. The maximum Gasteiger partial charge on any atom is 0.268 e. The topological polar surface area (TPSA) is 34.1 Å². The van der Waals surface area contributed by atoms with Gasteiger partial charge in [-0.15, -0.1) is 0 Å². The van der Waals surface area contributed by atoms with Gasteiger partial charge in [-0.05, 0) is 20.8 Å². The number of hydrogen-bond donors (Lipinski definition) is 0. The Morgan fingerprint density at radius 3 is 1.40 bits per heavy atom. The Balaban J connectivity index is 0. The summed E-state index contributed by atoms with van der Waals surface area (Å²) in [6.45, 7) is 3.16. The van der Waals surface area contributed by atoms with Crippen LogP contribution in [0, 0.1) is 0 Å². The lowest BCUT2D eigenvalue weighted by molar-refractivity contribution is 0.625. The van der Waals surface area contributed by atoms with E-state index in [1.807, 2.05) is 6.92 Å². The Kier molecular flexibility index (Phi) is 8.44. The Bertz CT molecular complexity index is 182. The molecule has 0 N–H and O–H groups in total. The molecule has 0 aliphatic heterocycles. The highest BCUT2D eigenvalue weighted by molar-refractivity contribution is 9.79. The van der Waals surface area contributed by atoms with Gasteiger partial charge in [-0.25, -0.2) is 8.42 Å². The third-order valence-corrected chi connectivity index (χ3v) is 0.577. The fourth-order valence-corrected chi connectivity index (χ4v) is 0. The lowest BCUT2D eigenvalue weighted by Crippen LogP contribution is -1.60. The van der Waals surface area contributed by atoms with Crippen LogP contribution in [-0.2, 0) is 6.70 Å². The Hall–Kier alpha value is 0.650. The van der Waals surface area contributed by atoms with Crippen LogP contribution >= 0.6 is 29.6 Å². The summed E-state index contributed by atoms with van der Waals surface area (Å²) in [4.78, 5) is 0. The fraction of sp³-hybridized carbons (Fsp3) is 0.600. The molecular formula is C5H10Br2O2S. The van der Waals surface area contributed by atoms with E-state index in [4.69, 9.17) is 0 Å². The van der Waals surface area contributed by atoms with E-state index in [-0.39, 0.29) is 0 Å². The van der Waals surface area contributed by atoms with Crippen LogP contribution in [0.3, 0.4) is 0 Å².